The van der Waals surface area contributed by atoms with Gasteiger partial charge in [0.25, 0.3) is 0 Å². The van der Waals surface area contributed by atoms with Crippen molar-refractivity contribution < 1.29 is 18.6 Å². The van der Waals surface area contributed by atoms with E-state index in [9.17, 15) is 0 Å². The summed E-state index contributed by atoms with van der Waals surface area (Å²) in [6, 6.07) is 28.5. The van der Waals surface area contributed by atoms with Crippen LogP contribution in [-0.4, -0.2) is 16.8 Å². The quantitative estimate of drug-likeness (QED) is 0.235. The van der Waals surface area contributed by atoms with Crippen molar-refractivity contribution in [1.29, 1.82) is 0 Å². The molecule has 0 saturated carbocycles. The summed E-state index contributed by atoms with van der Waals surface area (Å²) < 4.78 is 24.5. The Labute approximate surface area is 233 Å². The molecule has 39 heavy (non-hydrogen) atoms. The molecule has 0 spiro atoms. The molecule has 0 amide bonds. The van der Waals surface area contributed by atoms with Gasteiger partial charge in [0.05, 0.1) is 23.3 Å². The highest BCUT2D eigenvalue weighted by molar-refractivity contribution is 5.75. The van der Waals surface area contributed by atoms with Crippen molar-refractivity contribution in [3.8, 4) is 51.0 Å². The van der Waals surface area contributed by atoms with Crippen LogP contribution < -0.4 is 14.2 Å². The van der Waals surface area contributed by atoms with E-state index in [4.69, 9.17) is 18.6 Å². The van der Waals surface area contributed by atoms with Gasteiger partial charge in [-0.05, 0) is 129 Å². The fourth-order valence-corrected chi connectivity index (χ4v) is 4.10. The lowest BCUT2D eigenvalue weighted by Crippen LogP contribution is -2.22. The van der Waals surface area contributed by atoms with Crippen molar-refractivity contribution in [3.05, 3.63) is 84.9 Å². The van der Waals surface area contributed by atoms with Crippen LogP contribution in [0.4, 0.5) is 0 Å². The first-order valence-corrected chi connectivity index (χ1v) is 13.5. The van der Waals surface area contributed by atoms with Crippen molar-refractivity contribution in [2.45, 2.75) is 79.1 Å². The summed E-state index contributed by atoms with van der Waals surface area (Å²) in [7, 11) is 0. The van der Waals surface area contributed by atoms with Crippen LogP contribution in [0.1, 0.15) is 62.3 Å². The van der Waals surface area contributed by atoms with E-state index in [1.165, 1.54) is 0 Å². The molecule has 0 atom stereocenters. The fraction of sp³-hybridized carbons (Fsp3) is 0.343. The van der Waals surface area contributed by atoms with Crippen LogP contribution in [0.2, 0.25) is 0 Å². The highest BCUT2D eigenvalue weighted by atomic mass is 16.5. The third kappa shape index (κ3) is 8.35. The molecule has 0 saturated heterocycles. The van der Waals surface area contributed by atoms with E-state index in [1.807, 2.05) is 123 Å². The Morgan fingerprint density at radius 3 is 0.949 bits per heavy atom. The van der Waals surface area contributed by atoms with Crippen molar-refractivity contribution in [2.24, 2.45) is 0 Å². The van der Waals surface area contributed by atoms with Crippen molar-refractivity contribution in [3.63, 3.8) is 0 Å². The van der Waals surface area contributed by atoms with E-state index in [-0.39, 0.29) is 16.8 Å². The molecule has 0 N–H and O–H groups in total. The molecule has 0 bridgehead atoms. The van der Waals surface area contributed by atoms with Gasteiger partial charge in [-0.3, -0.25) is 0 Å². The molecule has 0 aliphatic rings. The summed E-state index contributed by atoms with van der Waals surface area (Å²) in [5.74, 6) is 4.04. The maximum Gasteiger partial charge on any atom is 0.361 e. The highest BCUT2D eigenvalue weighted by Crippen LogP contribution is 2.35. The fourth-order valence-electron chi connectivity index (χ4n) is 4.10. The first kappa shape index (κ1) is 28.2. The minimum Gasteiger partial charge on any atom is -0.488 e. The van der Waals surface area contributed by atoms with Gasteiger partial charge in [-0.1, -0.05) is 12.1 Å². The van der Waals surface area contributed by atoms with E-state index in [2.05, 4.69) is 24.3 Å². The van der Waals surface area contributed by atoms with Crippen molar-refractivity contribution in [2.75, 3.05) is 0 Å². The molecular weight excluding hydrogens is 484 g/mol. The average molecular weight is 526 g/mol. The van der Waals surface area contributed by atoms with E-state index in [0.717, 1.165) is 51.0 Å². The second-order valence-corrected chi connectivity index (χ2v) is 12.8. The number of hydrogen-bond acceptors (Lipinski definition) is 3. The van der Waals surface area contributed by atoms with Crippen molar-refractivity contribution in [1.82, 2.24) is 0 Å². The molecule has 4 rings (SSSR count). The van der Waals surface area contributed by atoms with E-state index < -0.39 is 0 Å². The van der Waals surface area contributed by atoms with Gasteiger partial charge in [0.2, 0.25) is 0 Å². The average Bonchev–Trinajstić information content (AvgIpc) is 2.82. The Hall–Kier alpha value is -3.79. The van der Waals surface area contributed by atoms with Crippen LogP contribution in [0.3, 0.4) is 0 Å². The number of ether oxygens (including phenoxy) is 3. The molecule has 0 radical (unpaired) electrons. The first-order valence-electron chi connectivity index (χ1n) is 13.5. The zero-order valence-electron chi connectivity index (χ0n) is 24.7. The van der Waals surface area contributed by atoms with Gasteiger partial charge in [-0.15, -0.1) is 0 Å². The number of hydrogen-bond donors (Lipinski definition) is 0. The summed E-state index contributed by atoms with van der Waals surface area (Å²) in [4.78, 5) is 0. The minimum atomic E-state index is -0.259. The number of benzene rings is 3. The predicted molar refractivity (Wildman–Crippen MR) is 161 cm³/mol. The molecule has 4 aromatic rings. The molecule has 4 nitrogen and oxygen atoms in total. The normalized spacial score (nSPS) is 12.2. The van der Waals surface area contributed by atoms with E-state index in [0.29, 0.717) is 0 Å². The predicted octanol–water partition coefficient (Wildman–Crippen LogP) is 10.1. The summed E-state index contributed by atoms with van der Waals surface area (Å²) in [6.07, 6.45) is 0. The van der Waals surface area contributed by atoms with E-state index >= 15 is 0 Å². The van der Waals surface area contributed by atoms with Crippen LogP contribution in [0.25, 0.3) is 33.8 Å². The second-order valence-electron chi connectivity index (χ2n) is 12.8. The molecular formula is C35H41O4+. The number of rotatable bonds is 6. The third-order valence-electron chi connectivity index (χ3n) is 5.53. The van der Waals surface area contributed by atoms with Crippen LogP contribution in [0.15, 0.2) is 89.3 Å². The minimum absolute atomic E-state index is 0.251. The SMILES string of the molecule is CC(C)(C)Oc1ccc(-c2cc(-c3ccc(OC(C)(C)C)cc3)[o+]c(-c3ccc(OC(C)(C)C)cc3)c2)cc1. The third-order valence-corrected chi connectivity index (χ3v) is 5.53. The lowest BCUT2D eigenvalue weighted by atomic mass is 10.0. The maximum atomic E-state index is 6.48. The van der Waals surface area contributed by atoms with Gasteiger partial charge < -0.3 is 14.2 Å². The Morgan fingerprint density at radius 2 is 0.667 bits per heavy atom. The zero-order chi connectivity index (χ0) is 28.4. The van der Waals surface area contributed by atoms with Gasteiger partial charge in [-0.2, -0.15) is 0 Å². The molecule has 204 valence electrons. The Bertz CT molecular complexity index is 1190. The Kier molecular flexibility index (Phi) is 7.79. The first-order chi connectivity index (χ1) is 18.1. The molecule has 3 aromatic carbocycles. The Balaban J connectivity index is 1.74. The highest BCUT2D eigenvalue weighted by Gasteiger charge is 2.22. The molecule has 0 fully saturated rings. The van der Waals surface area contributed by atoms with Crippen LogP contribution in [0.5, 0.6) is 17.2 Å². The smallest absolute Gasteiger partial charge is 0.361 e. The largest absolute Gasteiger partial charge is 0.488 e. The van der Waals surface area contributed by atoms with Gasteiger partial charge in [0, 0.05) is 5.56 Å². The van der Waals surface area contributed by atoms with Crippen LogP contribution in [0, 0.1) is 0 Å². The Morgan fingerprint density at radius 1 is 0.385 bits per heavy atom. The van der Waals surface area contributed by atoms with Gasteiger partial charge in [-0.25, -0.2) is 4.42 Å². The monoisotopic (exact) mass is 525 g/mol. The molecule has 0 aliphatic heterocycles. The lowest BCUT2D eigenvalue weighted by Gasteiger charge is -2.21. The van der Waals surface area contributed by atoms with Gasteiger partial charge >= 0.3 is 11.5 Å². The summed E-state index contributed by atoms with van der Waals surface area (Å²) >= 11 is 0. The molecule has 1 aromatic heterocycles. The molecule has 1 heterocycles. The molecule has 0 aliphatic carbocycles. The summed E-state index contributed by atoms with van der Waals surface area (Å²) in [5.41, 5.74) is 3.31. The van der Waals surface area contributed by atoms with Crippen molar-refractivity contribution >= 4 is 0 Å². The molecule has 4 heteroatoms. The summed E-state index contributed by atoms with van der Waals surface area (Å²) in [6.45, 7) is 18.4. The van der Waals surface area contributed by atoms with Crippen LogP contribution >= 0.6 is 0 Å². The van der Waals surface area contributed by atoms with Crippen LogP contribution in [-0.2, 0) is 0 Å². The van der Waals surface area contributed by atoms with E-state index in [1.54, 1.807) is 0 Å². The van der Waals surface area contributed by atoms with Gasteiger partial charge in [0.1, 0.15) is 34.1 Å². The topological polar surface area (TPSA) is 39.0 Å². The summed E-state index contributed by atoms with van der Waals surface area (Å²) in [5, 5.41) is 0. The lowest BCUT2D eigenvalue weighted by molar-refractivity contribution is 0.130. The molecule has 0 unspecified atom stereocenters. The van der Waals surface area contributed by atoms with Gasteiger partial charge in [0.15, 0.2) is 0 Å². The second kappa shape index (κ2) is 10.8. The zero-order valence-corrected chi connectivity index (χ0v) is 24.7. The maximum absolute atomic E-state index is 6.48. The standard InChI is InChI=1S/C35H41O4/c1-33(2,3)37-28-16-10-24(11-17-28)27-22-31(25-12-18-29(19-13-25)38-34(4,5)6)36-32(23-27)26-14-20-30(21-15-26)39-35(7,8)9/h10-23H,1-9H3/q+1.